The molecule has 12 heteroatoms. The van der Waals surface area contributed by atoms with E-state index >= 15 is 0 Å². The summed E-state index contributed by atoms with van der Waals surface area (Å²) in [7, 11) is 0. The monoisotopic (exact) mass is 714 g/mol. The van der Waals surface area contributed by atoms with Crippen LogP contribution in [0.1, 0.15) is 96.8 Å². The maximum absolute atomic E-state index is 11.8. The highest BCUT2D eigenvalue weighted by Crippen LogP contribution is 2.10. The number of rotatable bonds is 43. The fourth-order valence-electron chi connectivity index (χ4n) is 4.38. The second-order valence-electron chi connectivity index (χ2n) is 11.4. The van der Waals surface area contributed by atoms with E-state index in [-0.39, 0.29) is 5.97 Å². The summed E-state index contributed by atoms with van der Waals surface area (Å²) in [6.07, 6.45) is 16.1. The van der Waals surface area contributed by atoms with E-state index in [1.54, 1.807) is 0 Å². The normalized spacial score (nSPS) is 11.5. The van der Waals surface area contributed by atoms with E-state index in [1.807, 2.05) is 0 Å². The molecule has 0 unspecified atom stereocenters. The lowest BCUT2D eigenvalue weighted by molar-refractivity contribution is -0.145. The molecule has 0 heterocycles. The van der Waals surface area contributed by atoms with E-state index in [9.17, 15) is 4.79 Å². The van der Waals surface area contributed by atoms with E-state index in [4.69, 9.17) is 59.0 Å². The van der Waals surface area contributed by atoms with Gasteiger partial charge in [-0.3, -0.25) is 4.79 Å². The van der Waals surface area contributed by atoms with Crippen molar-refractivity contribution < 1.29 is 52.2 Å². The Labute approximate surface area is 297 Å². The van der Waals surface area contributed by atoms with E-state index in [1.165, 1.54) is 57.8 Å². The minimum absolute atomic E-state index is 0.134. The zero-order valence-electron chi connectivity index (χ0n) is 30.4. The number of halogens is 1. The predicted molar refractivity (Wildman–Crippen MR) is 189 cm³/mol. The van der Waals surface area contributed by atoms with Crippen molar-refractivity contribution in [3.8, 4) is 0 Å². The van der Waals surface area contributed by atoms with Crippen LogP contribution in [0.3, 0.4) is 0 Å². The van der Waals surface area contributed by atoms with Crippen LogP contribution in [0.25, 0.3) is 0 Å². The average molecular weight is 715 g/mol. The molecule has 48 heavy (non-hydrogen) atoms. The molecule has 0 aliphatic carbocycles. The molecule has 0 saturated carbocycles. The maximum Gasteiger partial charge on any atom is 0.305 e. The first-order valence-corrected chi connectivity index (χ1v) is 19.3. The van der Waals surface area contributed by atoms with Crippen molar-refractivity contribution in [2.24, 2.45) is 0 Å². The van der Waals surface area contributed by atoms with Crippen LogP contribution in [-0.4, -0.2) is 137 Å². The Morgan fingerprint density at radius 2 is 0.646 bits per heavy atom. The second kappa shape index (κ2) is 44.4. The fourth-order valence-corrected chi connectivity index (χ4v) is 4.57. The molecule has 0 aromatic heterocycles. The van der Waals surface area contributed by atoms with Crippen LogP contribution in [0.4, 0.5) is 0 Å². The lowest BCUT2D eigenvalue weighted by atomic mass is 10.1. The number of unbranched alkanes of at least 4 members (excludes halogenated alkanes) is 11. The van der Waals surface area contributed by atoms with Gasteiger partial charge in [-0.2, -0.15) is 0 Å². The van der Waals surface area contributed by atoms with E-state index in [0.717, 1.165) is 38.2 Å². The summed E-state index contributed by atoms with van der Waals surface area (Å²) in [6.45, 7) is 12.0. The molecule has 0 aromatic rings. The molecular weight excluding hydrogens is 644 g/mol. The number of carbonyl (C=O) groups excluding carboxylic acids is 1. The topological polar surface area (TPSA) is 109 Å². The lowest BCUT2D eigenvalue weighted by Gasteiger charge is -2.09. The Balaban J connectivity index is 3.10. The molecular formula is C36H71ClO11. The van der Waals surface area contributed by atoms with Crippen molar-refractivity contribution in [1.82, 2.24) is 0 Å². The molecule has 0 amide bonds. The van der Waals surface area contributed by atoms with Gasteiger partial charge in [0, 0.05) is 18.9 Å². The standard InChI is InChI=1S/C36H71ClO11/c1-2-3-4-5-6-7-8-9-12-15-36(38)48-35-34-47-33-32-46-31-30-45-29-28-44-27-26-43-25-24-42-23-22-41-21-20-40-19-18-39-17-14-11-10-13-16-37/h2-35H2,1H3. The van der Waals surface area contributed by atoms with Gasteiger partial charge in [-0.1, -0.05) is 71.1 Å². The third-order valence-corrected chi connectivity index (χ3v) is 7.39. The molecule has 11 nitrogen and oxygen atoms in total. The zero-order chi connectivity index (χ0) is 34.7. The minimum Gasteiger partial charge on any atom is -0.463 e. The van der Waals surface area contributed by atoms with E-state index < -0.39 is 0 Å². The second-order valence-corrected chi connectivity index (χ2v) is 11.8. The fraction of sp³-hybridized carbons (Fsp3) is 0.972. The summed E-state index contributed by atoms with van der Waals surface area (Å²) in [5.41, 5.74) is 0. The number of esters is 1. The number of hydrogen-bond donors (Lipinski definition) is 0. The third kappa shape index (κ3) is 43.4. The molecule has 0 bridgehead atoms. The summed E-state index contributed by atoms with van der Waals surface area (Å²) in [4.78, 5) is 11.8. The number of hydrogen-bond acceptors (Lipinski definition) is 11. The molecule has 0 atom stereocenters. The average Bonchev–Trinajstić information content (AvgIpc) is 3.09. The van der Waals surface area contributed by atoms with Crippen LogP contribution < -0.4 is 0 Å². The number of alkyl halides is 1. The summed E-state index contributed by atoms with van der Waals surface area (Å²) >= 11 is 5.66. The largest absolute Gasteiger partial charge is 0.463 e. The van der Waals surface area contributed by atoms with Crippen molar-refractivity contribution in [3.05, 3.63) is 0 Å². The molecule has 0 saturated heterocycles. The van der Waals surface area contributed by atoms with E-state index in [2.05, 4.69) is 6.92 Å². The van der Waals surface area contributed by atoms with Crippen molar-refractivity contribution in [3.63, 3.8) is 0 Å². The van der Waals surface area contributed by atoms with Gasteiger partial charge in [0.2, 0.25) is 0 Å². The van der Waals surface area contributed by atoms with Crippen LogP contribution in [0.5, 0.6) is 0 Å². The summed E-state index contributed by atoms with van der Waals surface area (Å²) in [5.74, 6) is 0.609. The Hall–Kier alpha value is -0.600. The van der Waals surface area contributed by atoms with Gasteiger partial charge in [0.25, 0.3) is 0 Å². The molecule has 0 N–H and O–H groups in total. The molecule has 0 rings (SSSR count). The van der Waals surface area contributed by atoms with Crippen LogP contribution in [0.15, 0.2) is 0 Å². The van der Waals surface area contributed by atoms with Gasteiger partial charge < -0.3 is 47.4 Å². The minimum atomic E-state index is -0.134. The van der Waals surface area contributed by atoms with Gasteiger partial charge in [-0.15, -0.1) is 11.6 Å². The number of carbonyl (C=O) groups is 1. The van der Waals surface area contributed by atoms with Gasteiger partial charge in [-0.05, 0) is 19.3 Å². The van der Waals surface area contributed by atoms with Crippen LogP contribution in [0.2, 0.25) is 0 Å². The molecule has 0 aliphatic heterocycles. The summed E-state index contributed by atoms with van der Waals surface area (Å²) in [5, 5.41) is 0. The van der Waals surface area contributed by atoms with Gasteiger partial charge in [-0.25, -0.2) is 0 Å². The van der Waals surface area contributed by atoms with E-state index in [0.29, 0.717) is 125 Å². The predicted octanol–water partition coefficient (Wildman–Crippen LogP) is 6.40. The quantitative estimate of drug-likeness (QED) is 0.0398. The van der Waals surface area contributed by atoms with Crippen LogP contribution in [0, 0.1) is 0 Å². The first-order valence-electron chi connectivity index (χ1n) is 18.7. The smallest absolute Gasteiger partial charge is 0.305 e. The van der Waals surface area contributed by atoms with Crippen molar-refractivity contribution in [2.45, 2.75) is 96.8 Å². The molecule has 288 valence electrons. The lowest BCUT2D eigenvalue weighted by Crippen LogP contribution is -2.15. The SMILES string of the molecule is CCCCCCCCCCCC(=O)OCCOCCOCCOCCOCCOCCOCCOCCOCCOCCCCCCCl. The van der Waals surface area contributed by atoms with Gasteiger partial charge in [0.1, 0.15) is 6.61 Å². The first kappa shape index (κ1) is 47.4. The summed E-state index contributed by atoms with van der Waals surface area (Å²) < 4.78 is 54.6. The summed E-state index contributed by atoms with van der Waals surface area (Å²) in [6, 6.07) is 0. The van der Waals surface area contributed by atoms with Gasteiger partial charge >= 0.3 is 5.97 Å². The molecule has 0 aliphatic rings. The van der Waals surface area contributed by atoms with Gasteiger partial charge in [0.05, 0.1) is 112 Å². The van der Waals surface area contributed by atoms with Crippen molar-refractivity contribution in [2.75, 3.05) is 131 Å². The number of ether oxygens (including phenoxy) is 10. The molecule has 0 aromatic carbocycles. The Morgan fingerprint density at radius 1 is 0.354 bits per heavy atom. The Kier molecular flexibility index (Phi) is 43.9. The highest BCUT2D eigenvalue weighted by Gasteiger charge is 2.03. The Bertz CT molecular complexity index is 604. The highest BCUT2D eigenvalue weighted by atomic mass is 35.5. The maximum atomic E-state index is 11.8. The van der Waals surface area contributed by atoms with Crippen molar-refractivity contribution >= 4 is 17.6 Å². The highest BCUT2D eigenvalue weighted by molar-refractivity contribution is 6.17. The molecule has 0 spiro atoms. The van der Waals surface area contributed by atoms with Gasteiger partial charge in [0.15, 0.2) is 0 Å². The third-order valence-electron chi connectivity index (χ3n) is 7.12. The van der Waals surface area contributed by atoms with Crippen molar-refractivity contribution in [1.29, 1.82) is 0 Å². The molecule has 0 radical (unpaired) electrons. The van der Waals surface area contributed by atoms with Crippen LogP contribution >= 0.6 is 11.6 Å². The molecule has 0 fully saturated rings. The van der Waals surface area contributed by atoms with Crippen LogP contribution in [-0.2, 0) is 52.2 Å². The zero-order valence-corrected chi connectivity index (χ0v) is 31.2. The Morgan fingerprint density at radius 3 is 1.02 bits per heavy atom. The first-order chi connectivity index (χ1) is 23.8.